The average Bonchev–Trinajstić information content (AvgIpc) is 2.13. The lowest BCUT2D eigenvalue weighted by Gasteiger charge is -2.28. The number of para-hydroxylation sites is 1. The summed E-state index contributed by atoms with van der Waals surface area (Å²) in [5, 5.41) is 0. The van der Waals surface area contributed by atoms with Crippen LogP contribution in [0.2, 0.25) is 0 Å². The summed E-state index contributed by atoms with van der Waals surface area (Å²) < 4.78 is 19.1. The Morgan fingerprint density at radius 3 is 2.36 bits per heavy atom. The van der Waals surface area contributed by atoms with Gasteiger partial charge in [-0.15, -0.1) is 0 Å². The van der Waals surface area contributed by atoms with E-state index in [4.69, 9.17) is 4.74 Å². The summed E-state index contributed by atoms with van der Waals surface area (Å²) in [7, 11) is -4.87. The molecule has 0 aromatic heterocycles. The third kappa shape index (κ3) is 4.99. The molecule has 0 amide bonds. The highest BCUT2D eigenvalue weighted by atomic mass is 31.2. The SMILES string of the molecule is O=P([O-])([O-])OCCOc1ccccc1. The van der Waals surface area contributed by atoms with Gasteiger partial charge in [-0.05, 0) is 12.1 Å². The van der Waals surface area contributed by atoms with E-state index in [0.717, 1.165) is 0 Å². The molecular weight excluding hydrogens is 207 g/mol. The number of hydrogen-bond acceptors (Lipinski definition) is 5. The van der Waals surface area contributed by atoms with Gasteiger partial charge >= 0.3 is 0 Å². The molecule has 1 aromatic rings. The van der Waals surface area contributed by atoms with Crippen LogP contribution in [0.15, 0.2) is 30.3 Å². The molecule has 1 rings (SSSR count). The minimum absolute atomic E-state index is 0.0263. The normalized spacial score (nSPS) is 11.3. The minimum Gasteiger partial charge on any atom is -0.790 e. The monoisotopic (exact) mass is 216 g/mol. The van der Waals surface area contributed by atoms with Crippen LogP contribution < -0.4 is 14.5 Å². The second-order valence-corrected chi connectivity index (χ2v) is 3.59. The zero-order valence-corrected chi connectivity index (χ0v) is 8.18. The summed E-state index contributed by atoms with van der Waals surface area (Å²) in [6.07, 6.45) is 0. The summed E-state index contributed by atoms with van der Waals surface area (Å²) in [5.74, 6) is 0.600. The van der Waals surface area contributed by atoms with Crippen LogP contribution >= 0.6 is 7.82 Å². The molecule has 0 saturated heterocycles. The molecule has 0 bridgehead atoms. The number of ether oxygens (including phenoxy) is 1. The highest BCUT2D eigenvalue weighted by Crippen LogP contribution is 2.23. The minimum atomic E-state index is -4.87. The van der Waals surface area contributed by atoms with E-state index < -0.39 is 7.82 Å². The van der Waals surface area contributed by atoms with Gasteiger partial charge in [-0.1, -0.05) is 18.2 Å². The maximum absolute atomic E-state index is 10.0. The van der Waals surface area contributed by atoms with Gasteiger partial charge in [0.25, 0.3) is 0 Å². The van der Waals surface area contributed by atoms with Crippen molar-refractivity contribution < 1.29 is 23.6 Å². The van der Waals surface area contributed by atoms with Crippen LogP contribution in [0.1, 0.15) is 0 Å². The third-order valence-electron chi connectivity index (χ3n) is 1.34. The first-order chi connectivity index (χ1) is 6.58. The molecule has 6 heteroatoms. The van der Waals surface area contributed by atoms with Crippen molar-refractivity contribution in [2.45, 2.75) is 0 Å². The van der Waals surface area contributed by atoms with E-state index in [2.05, 4.69) is 4.52 Å². The average molecular weight is 216 g/mol. The number of hydrogen-bond donors (Lipinski definition) is 0. The van der Waals surface area contributed by atoms with E-state index >= 15 is 0 Å². The largest absolute Gasteiger partial charge is 0.790 e. The van der Waals surface area contributed by atoms with Gasteiger partial charge in [0.05, 0.1) is 14.4 Å². The Morgan fingerprint density at radius 2 is 1.79 bits per heavy atom. The van der Waals surface area contributed by atoms with Crippen LogP contribution in [0.3, 0.4) is 0 Å². The first-order valence-electron chi connectivity index (χ1n) is 3.92. The molecule has 0 atom stereocenters. The fourth-order valence-electron chi connectivity index (χ4n) is 0.825. The first-order valence-corrected chi connectivity index (χ1v) is 5.38. The fraction of sp³-hybridized carbons (Fsp3) is 0.250. The highest BCUT2D eigenvalue weighted by molar-refractivity contribution is 7.43. The molecule has 78 valence electrons. The van der Waals surface area contributed by atoms with Gasteiger partial charge in [0.1, 0.15) is 12.4 Å². The lowest BCUT2D eigenvalue weighted by molar-refractivity contribution is -0.341. The Balaban J connectivity index is 2.20. The fourth-order valence-corrected chi connectivity index (χ4v) is 1.12. The molecular formula is C8H9O5P-2. The molecule has 0 unspecified atom stereocenters. The Hall–Kier alpha value is -0.870. The topological polar surface area (TPSA) is 81.7 Å². The van der Waals surface area contributed by atoms with E-state index in [0.29, 0.717) is 5.75 Å². The molecule has 0 radical (unpaired) electrons. The quantitative estimate of drug-likeness (QED) is 0.507. The van der Waals surface area contributed by atoms with Crippen LogP contribution in [0.4, 0.5) is 0 Å². The molecule has 0 aliphatic heterocycles. The molecule has 1 aromatic carbocycles. The smallest absolute Gasteiger partial charge is 0.119 e. The lowest BCUT2D eigenvalue weighted by Crippen LogP contribution is -2.18. The first kappa shape index (κ1) is 11.2. The molecule has 14 heavy (non-hydrogen) atoms. The molecule has 0 aliphatic rings. The molecule has 0 N–H and O–H groups in total. The molecule has 0 spiro atoms. The molecule has 0 aliphatic carbocycles. The standard InChI is InChI=1S/C8H11O5P/c9-14(10,11)13-7-6-12-8-4-2-1-3-5-8/h1-5H,6-7H2,(H2,9,10,11)/p-2. The molecule has 0 fully saturated rings. The number of phosphoric acid groups is 1. The van der Waals surface area contributed by atoms with Gasteiger partial charge in [-0.3, -0.25) is 0 Å². The summed E-state index contributed by atoms with van der Waals surface area (Å²) in [4.78, 5) is 20.1. The van der Waals surface area contributed by atoms with Crippen molar-refractivity contribution in [2.75, 3.05) is 13.2 Å². The van der Waals surface area contributed by atoms with Gasteiger partial charge in [0, 0.05) is 0 Å². The van der Waals surface area contributed by atoms with E-state index in [9.17, 15) is 14.4 Å². The van der Waals surface area contributed by atoms with Gasteiger partial charge in [-0.25, -0.2) is 0 Å². The van der Waals surface area contributed by atoms with E-state index in [1.54, 1.807) is 24.3 Å². The van der Waals surface area contributed by atoms with Crippen molar-refractivity contribution in [1.82, 2.24) is 0 Å². The maximum Gasteiger partial charge on any atom is 0.119 e. The van der Waals surface area contributed by atoms with Gasteiger partial charge in [0.15, 0.2) is 0 Å². The lowest BCUT2D eigenvalue weighted by atomic mass is 10.3. The summed E-state index contributed by atoms with van der Waals surface area (Å²) in [6, 6.07) is 8.82. The van der Waals surface area contributed by atoms with Crippen molar-refractivity contribution >= 4 is 7.82 Å². The Labute approximate surface area is 81.5 Å². The highest BCUT2D eigenvalue weighted by Gasteiger charge is 1.93. The van der Waals surface area contributed by atoms with E-state index in [-0.39, 0.29) is 13.2 Å². The van der Waals surface area contributed by atoms with Crippen LogP contribution in [0, 0.1) is 0 Å². The molecule has 5 nitrogen and oxygen atoms in total. The van der Waals surface area contributed by atoms with Gasteiger partial charge < -0.3 is 23.6 Å². The molecule has 0 saturated carbocycles. The van der Waals surface area contributed by atoms with Crippen LogP contribution in [-0.2, 0) is 9.09 Å². The third-order valence-corrected chi connectivity index (χ3v) is 1.84. The van der Waals surface area contributed by atoms with Gasteiger partial charge in [0.2, 0.25) is 0 Å². The Bertz CT molecular complexity index is 307. The second kappa shape index (κ2) is 5.12. The summed E-state index contributed by atoms with van der Waals surface area (Å²) in [5.41, 5.74) is 0. The van der Waals surface area contributed by atoms with Crippen LogP contribution in [0.5, 0.6) is 5.75 Å². The van der Waals surface area contributed by atoms with Crippen LogP contribution in [-0.4, -0.2) is 13.2 Å². The number of phosphoric ester groups is 1. The van der Waals surface area contributed by atoms with Crippen molar-refractivity contribution in [1.29, 1.82) is 0 Å². The van der Waals surface area contributed by atoms with Gasteiger partial charge in [-0.2, -0.15) is 0 Å². The zero-order chi connectivity index (χ0) is 10.4. The van der Waals surface area contributed by atoms with Crippen molar-refractivity contribution in [3.05, 3.63) is 30.3 Å². The number of benzene rings is 1. The zero-order valence-electron chi connectivity index (χ0n) is 7.29. The summed E-state index contributed by atoms with van der Waals surface area (Å²) in [6.45, 7) is -0.238. The van der Waals surface area contributed by atoms with E-state index in [1.807, 2.05) is 6.07 Å². The summed E-state index contributed by atoms with van der Waals surface area (Å²) >= 11 is 0. The van der Waals surface area contributed by atoms with Crippen molar-refractivity contribution in [3.8, 4) is 5.75 Å². The van der Waals surface area contributed by atoms with Crippen LogP contribution in [0.25, 0.3) is 0 Å². The Morgan fingerprint density at radius 1 is 1.14 bits per heavy atom. The predicted octanol–water partition coefficient (Wildman–Crippen LogP) is -0.0893. The predicted molar refractivity (Wildman–Crippen MR) is 45.5 cm³/mol. The van der Waals surface area contributed by atoms with Crippen molar-refractivity contribution in [3.63, 3.8) is 0 Å². The Kier molecular flexibility index (Phi) is 4.10. The van der Waals surface area contributed by atoms with E-state index in [1.165, 1.54) is 0 Å². The van der Waals surface area contributed by atoms with Crippen molar-refractivity contribution in [2.24, 2.45) is 0 Å². The second-order valence-electron chi connectivity index (χ2n) is 2.44. The number of rotatable bonds is 5. The molecule has 0 heterocycles. The maximum atomic E-state index is 10.0.